The number of rotatable bonds is 6. The average molecular weight is 257 g/mol. The highest BCUT2D eigenvalue weighted by Gasteiger charge is 2.04. The van der Waals surface area contributed by atoms with Gasteiger partial charge in [-0.15, -0.1) is 0 Å². The highest BCUT2D eigenvalue weighted by molar-refractivity contribution is 5.28. The normalized spacial score (nSPS) is 10.9. The summed E-state index contributed by atoms with van der Waals surface area (Å²) >= 11 is 0. The lowest BCUT2D eigenvalue weighted by molar-refractivity contribution is 0.592. The van der Waals surface area contributed by atoms with Crippen LogP contribution in [0.3, 0.4) is 0 Å². The van der Waals surface area contributed by atoms with Crippen LogP contribution in [0.1, 0.15) is 35.7 Å². The van der Waals surface area contributed by atoms with Gasteiger partial charge in [0.1, 0.15) is 0 Å². The van der Waals surface area contributed by atoms with E-state index in [1.165, 1.54) is 22.4 Å². The molecule has 2 rings (SSSR count). The van der Waals surface area contributed by atoms with Gasteiger partial charge in [0.15, 0.2) is 0 Å². The first-order valence-corrected chi connectivity index (χ1v) is 6.97. The van der Waals surface area contributed by atoms with Crippen molar-refractivity contribution in [2.24, 2.45) is 0 Å². The Kier molecular flexibility index (Phi) is 4.74. The van der Waals surface area contributed by atoms with Gasteiger partial charge in [-0.3, -0.25) is 4.68 Å². The second kappa shape index (κ2) is 6.53. The van der Waals surface area contributed by atoms with E-state index in [1.54, 1.807) is 0 Å². The van der Waals surface area contributed by atoms with Gasteiger partial charge in [-0.1, -0.05) is 36.2 Å². The van der Waals surface area contributed by atoms with Gasteiger partial charge >= 0.3 is 0 Å². The molecule has 102 valence electrons. The molecule has 0 saturated carbocycles. The summed E-state index contributed by atoms with van der Waals surface area (Å²) in [5, 5.41) is 7.85. The van der Waals surface area contributed by atoms with Crippen molar-refractivity contribution in [1.29, 1.82) is 0 Å². The Hall–Kier alpha value is -1.61. The molecular weight excluding hydrogens is 234 g/mol. The quantitative estimate of drug-likeness (QED) is 0.806. The minimum atomic E-state index is 0.846. The first-order valence-electron chi connectivity index (χ1n) is 6.97. The molecule has 0 bridgehead atoms. The number of aryl methyl sites for hydroxylation is 2. The van der Waals surface area contributed by atoms with Crippen LogP contribution in [0.4, 0.5) is 0 Å². The summed E-state index contributed by atoms with van der Waals surface area (Å²) in [4.78, 5) is 0. The molecule has 0 spiro atoms. The van der Waals surface area contributed by atoms with E-state index >= 15 is 0 Å². The first kappa shape index (κ1) is 13.8. The van der Waals surface area contributed by atoms with E-state index in [0.717, 1.165) is 26.1 Å². The van der Waals surface area contributed by atoms with E-state index in [1.807, 2.05) is 6.20 Å². The zero-order valence-electron chi connectivity index (χ0n) is 12.1. The molecule has 2 aromatic rings. The third-order valence-electron chi connectivity index (χ3n) is 3.15. The van der Waals surface area contributed by atoms with Crippen LogP contribution in [0.15, 0.2) is 30.5 Å². The van der Waals surface area contributed by atoms with Gasteiger partial charge in [-0.25, -0.2) is 0 Å². The molecule has 0 atom stereocenters. The second-order valence-electron chi connectivity index (χ2n) is 5.15. The number of nitrogens with zero attached hydrogens (tertiary/aromatic N) is 2. The Morgan fingerprint density at radius 3 is 2.58 bits per heavy atom. The van der Waals surface area contributed by atoms with Gasteiger partial charge in [0.25, 0.3) is 0 Å². The monoisotopic (exact) mass is 257 g/mol. The minimum absolute atomic E-state index is 0.846. The summed E-state index contributed by atoms with van der Waals surface area (Å²) in [5.41, 5.74) is 5.19. The number of hydrogen-bond acceptors (Lipinski definition) is 2. The summed E-state index contributed by atoms with van der Waals surface area (Å²) in [6, 6.07) is 8.76. The molecule has 0 aliphatic carbocycles. The minimum Gasteiger partial charge on any atom is -0.311 e. The van der Waals surface area contributed by atoms with E-state index < -0.39 is 0 Å². The molecule has 3 nitrogen and oxygen atoms in total. The van der Waals surface area contributed by atoms with Crippen LogP contribution in [-0.2, 0) is 13.1 Å². The zero-order valence-corrected chi connectivity index (χ0v) is 12.1. The Balaban J connectivity index is 2.08. The third-order valence-corrected chi connectivity index (χ3v) is 3.15. The fraction of sp³-hybridized carbons (Fsp3) is 0.438. The third kappa shape index (κ3) is 3.93. The number of benzene rings is 1. The van der Waals surface area contributed by atoms with E-state index in [9.17, 15) is 0 Å². The molecule has 3 heteroatoms. The summed E-state index contributed by atoms with van der Waals surface area (Å²) in [6.45, 7) is 9.25. The van der Waals surface area contributed by atoms with Crippen LogP contribution in [0.5, 0.6) is 0 Å². The molecule has 1 N–H and O–H groups in total. The highest BCUT2D eigenvalue weighted by Crippen LogP contribution is 2.11. The summed E-state index contributed by atoms with van der Waals surface area (Å²) in [6.07, 6.45) is 3.04. The van der Waals surface area contributed by atoms with Crippen molar-refractivity contribution >= 4 is 0 Å². The molecular formula is C16H23N3. The van der Waals surface area contributed by atoms with Crippen LogP contribution in [0.2, 0.25) is 0 Å². The lowest BCUT2D eigenvalue weighted by Crippen LogP contribution is -2.17. The van der Waals surface area contributed by atoms with Gasteiger partial charge in [0, 0.05) is 12.7 Å². The van der Waals surface area contributed by atoms with Crippen molar-refractivity contribution in [3.63, 3.8) is 0 Å². The molecule has 0 radical (unpaired) electrons. The SMILES string of the molecule is CCCNCc1ccnn1Cc1cc(C)cc(C)c1. The molecule has 1 heterocycles. The Morgan fingerprint density at radius 2 is 1.89 bits per heavy atom. The van der Waals surface area contributed by atoms with Gasteiger partial charge in [-0.2, -0.15) is 5.10 Å². The van der Waals surface area contributed by atoms with E-state index in [-0.39, 0.29) is 0 Å². The number of nitrogens with one attached hydrogen (secondary N) is 1. The van der Waals surface area contributed by atoms with Crippen molar-refractivity contribution < 1.29 is 0 Å². The van der Waals surface area contributed by atoms with Crippen LogP contribution in [0.25, 0.3) is 0 Å². The topological polar surface area (TPSA) is 29.9 Å². The molecule has 1 aromatic carbocycles. The molecule has 0 saturated heterocycles. The van der Waals surface area contributed by atoms with Crippen LogP contribution in [0, 0.1) is 13.8 Å². The average Bonchev–Trinajstić information content (AvgIpc) is 2.76. The Bertz CT molecular complexity index is 508. The van der Waals surface area contributed by atoms with Crippen molar-refractivity contribution in [3.8, 4) is 0 Å². The Morgan fingerprint density at radius 1 is 1.16 bits per heavy atom. The summed E-state index contributed by atoms with van der Waals surface area (Å²) < 4.78 is 2.08. The van der Waals surface area contributed by atoms with Crippen molar-refractivity contribution in [1.82, 2.24) is 15.1 Å². The molecule has 0 aliphatic heterocycles. The number of aromatic nitrogens is 2. The zero-order chi connectivity index (χ0) is 13.7. The van der Waals surface area contributed by atoms with Crippen molar-refractivity contribution in [3.05, 3.63) is 52.8 Å². The van der Waals surface area contributed by atoms with E-state index in [0.29, 0.717) is 0 Å². The highest BCUT2D eigenvalue weighted by atomic mass is 15.3. The van der Waals surface area contributed by atoms with Gasteiger partial charge < -0.3 is 5.32 Å². The van der Waals surface area contributed by atoms with Crippen LogP contribution < -0.4 is 5.32 Å². The van der Waals surface area contributed by atoms with Crippen LogP contribution in [-0.4, -0.2) is 16.3 Å². The molecule has 0 fully saturated rings. The molecule has 1 aromatic heterocycles. The maximum Gasteiger partial charge on any atom is 0.0663 e. The predicted octanol–water partition coefficient (Wildman–Crippen LogP) is 3.05. The van der Waals surface area contributed by atoms with E-state index in [2.05, 4.69) is 60.1 Å². The number of hydrogen-bond donors (Lipinski definition) is 1. The summed E-state index contributed by atoms with van der Waals surface area (Å²) in [5.74, 6) is 0. The lowest BCUT2D eigenvalue weighted by Gasteiger charge is -2.10. The van der Waals surface area contributed by atoms with Crippen molar-refractivity contribution in [2.45, 2.75) is 40.3 Å². The molecule has 19 heavy (non-hydrogen) atoms. The molecule has 0 unspecified atom stereocenters. The molecule has 0 aliphatic rings. The van der Waals surface area contributed by atoms with Gasteiger partial charge in [-0.05, 0) is 38.4 Å². The smallest absolute Gasteiger partial charge is 0.0663 e. The second-order valence-corrected chi connectivity index (χ2v) is 5.15. The largest absolute Gasteiger partial charge is 0.311 e. The predicted molar refractivity (Wildman–Crippen MR) is 79.2 cm³/mol. The van der Waals surface area contributed by atoms with Crippen molar-refractivity contribution in [2.75, 3.05) is 6.54 Å². The maximum atomic E-state index is 4.43. The van der Waals surface area contributed by atoms with Gasteiger partial charge in [0.2, 0.25) is 0 Å². The maximum absolute atomic E-state index is 4.43. The Labute approximate surface area is 115 Å². The fourth-order valence-electron chi connectivity index (χ4n) is 2.38. The van der Waals surface area contributed by atoms with Crippen LogP contribution >= 0.6 is 0 Å². The lowest BCUT2D eigenvalue weighted by atomic mass is 10.1. The van der Waals surface area contributed by atoms with E-state index in [4.69, 9.17) is 0 Å². The molecule has 0 amide bonds. The first-order chi connectivity index (χ1) is 9.19. The van der Waals surface area contributed by atoms with Gasteiger partial charge in [0.05, 0.1) is 12.2 Å². The standard InChI is InChI=1S/C16H23N3/c1-4-6-17-11-16-5-7-18-19(16)12-15-9-13(2)8-14(3)10-15/h5,7-10,17H,4,6,11-12H2,1-3H3. The summed E-state index contributed by atoms with van der Waals surface area (Å²) in [7, 11) is 0. The fourth-order valence-corrected chi connectivity index (χ4v) is 2.38.